The number of benzene rings is 1. The summed E-state index contributed by atoms with van der Waals surface area (Å²) in [6, 6.07) is 7.14. The fourth-order valence-corrected chi connectivity index (χ4v) is 5.55. The van der Waals surface area contributed by atoms with Crippen molar-refractivity contribution in [1.82, 2.24) is 24.1 Å². The molecule has 1 aliphatic heterocycles. The predicted molar refractivity (Wildman–Crippen MR) is 137 cm³/mol. The van der Waals surface area contributed by atoms with Crippen LogP contribution in [0.15, 0.2) is 47.8 Å². The molecule has 6 rings (SSSR count). The van der Waals surface area contributed by atoms with E-state index >= 15 is 0 Å². The normalized spacial score (nSPS) is 16.6. The molecule has 0 amide bonds. The van der Waals surface area contributed by atoms with Crippen LogP contribution >= 0.6 is 11.6 Å². The molecular formula is C25H26ClFN6O4. The van der Waals surface area contributed by atoms with Gasteiger partial charge in [0.05, 0.1) is 22.2 Å². The number of halogens is 2. The molecule has 1 saturated carbocycles. The molecule has 1 saturated heterocycles. The van der Waals surface area contributed by atoms with Crippen LogP contribution in [-0.4, -0.2) is 67.9 Å². The van der Waals surface area contributed by atoms with Crippen molar-refractivity contribution < 1.29 is 19.0 Å². The lowest BCUT2D eigenvalue weighted by atomic mass is 9.62. The highest BCUT2D eigenvalue weighted by molar-refractivity contribution is 6.35. The number of anilines is 1. The average Bonchev–Trinajstić information content (AvgIpc) is 3.27. The van der Waals surface area contributed by atoms with E-state index in [4.69, 9.17) is 26.2 Å². The Morgan fingerprint density at radius 3 is 2.84 bits per heavy atom. The van der Waals surface area contributed by atoms with E-state index in [0.29, 0.717) is 39.5 Å². The molecule has 194 valence electrons. The molecule has 1 aromatic carbocycles. The minimum absolute atomic E-state index is 0.123. The van der Waals surface area contributed by atoms with Crippen LogP contribution in [0, 0.1) is 11.2 Å². The number of likely N-dealkylation sites (tertiary alicyclic amines) is 1. The number of hydrogen-bond donors (Lipinski definition) is 2. The largest absolute Gasteiger partial charge is 0.490 e. The summed E-state index contributed by atoms with van der Waals surface area (Å²) < 4.78 is 23.5. The van der Waals surface area contributed by atoms with Gasteiger partial charge in [-0.1, -0.05) is 11.6 Å². The third kappa shape index (κ3) is 4.84. The van der Waals surface area contributed by atoms with Gasteiger partial charge in [-0.15, -0.1) is 10.2 Å². The Morgan fingerprint density at radius 1 is 1.32 bits per heavy atom. The van der Waals surface area contributed by atoms with Crippen LogP contribution in [0.4, 0.5) is 10.1 Å². The van der Waals surface area contributed by atoms with Crippen molar-refractivity contribution in [2.75, 3.05) is 31.5 Å². The highest BCUT2D eigenvalue weighted by Gasteiger charge is 2.53. The molecule has 4 heterocycles. The summed E-state index contributed by atoms with van der Waals surface area (Å²) in [5.41, 5.74) is 1.23. The second-order valence-corrected chi connectivity index (χ2v) is 10.00. The molecule has 1 spiro atoms. The van der Waals surface area contributed by atoms with E-state index in [1.807, 2.05) is 12.1 Å². The SMILES string of the molecule is Cn1ccc2c(OC3CC4(C3)CN(CCNc3cc5nncn5cc3F)C4)ccc(Cl)c2c1=O.O=CO. The fraction of sp³-hybridized carbons (Fsp3) is 0.360. The molecule has 37 heavy (non-hydrogen) atoms. The zero-order chi connectivity index (χ0) is 26.2. The first-order valence-corrected chi connectivity index (χ1v) is 12.2. The number of hydrogen-bond acceptors (Lipinski definition) is 7. The summed E-state index contributed by atoms with van der Waals surface area (Å²) >= 11 is 6.29. The smallest absolute Gasteiger partial charge is 0.290 e. The first kappa shape index (κ1) is 25.0. The van der Waals surface area contributed by atoms with Crippen molar-refractivity contribution in [3.63, 3.8) is 0 Å². The molecule has 0 bridgehead atoms. The maximum Gasteiger partial charge on any atom is 0.290 e. The van der Waals surface area contributed by atoms with Gasteiger partial charge in [-0.25, -0.2) is 4.39 Å². The first-order valence-electron chi connectivity index (χ1n) is 11.8. The molecule has 2 aliphatic rings. The Labute approximate surface area is 216 Å². The lowest BCUT2D eigenvalue weighted by Crippen LogP contribution is -2.65. The predicted octanol–water partition coefficient (Wildman–Crippen LogP) is 3.03. The van der Waals surface area contributed by atoms with Crippen LogP contribution in [0.2, 0.25) is 5.02 Å². The summed E-state index contributed by atoms with van der Waals surface area (Å²) in [5.74, 6) is 0.392. The van der Waals surface area contributed by atoms with Crippen molar-refractivity contribution in [3.8, 4) is 5.75 Å². The van der Waals surface area contributed by atoms with Gasteiger partial charge in [-0.2, -0.15) is 0 Å². The van der Waals surface area contributed by atoms with Gasteiger partial charge < -0.3 is 24.6 Å². The van der Waals surface area contributed by atoms with Crippen LogP contribution in [0.3, 0.4) is 0 Å². The highest BCUT2D eigenvalue weighted by Crippen LogP contribution is 2.50. The number of aromatic nitrogens is 4. The molecule has 2 fully saturated rings. The van der Waals surface area contributed by atoms with Gasteiger partial charge in [0.15, 0.2) is 11.5 Å². The third-order valence-corrected chi connectivity index (χ3v) is 7.33. The number of carboxylic acid groups (broad SMARTS) is 1. The molecule has 0 atom stereocenters. The van der Waals surface area contributed by atoms with Gasteiger partial charge in [-0.3, -0.25) is 14.0 Å². The summed E-state index contributed by atoms with van der Waals surface area (Å²) in [7, 11) is 1.71. The molecule has 0 unspecified atom stereocenters. The molecule has 10 nitrogen and oxygen atoms in total. The van der Waals surface area contributed by atoms with Crippen molar-refractivity contribution >= 4 is 40.2 Å². The number of nitrogens with zero attached hydrogens (tertiary/aromatic N) is 5. The average molecular weight is 529 g/mol. The van der Waals surface area contributed by atoms with E-state index in [0.717, 1.165) is 37.9 Å². The van der Waals surface area contributed by atoms with Crippen LogP contribution < -0.4 is 15.6 Å². The van der Waals surface area contributed by atoms with Gasteiger partial charge in [0.1, 0.15) is 12.1 Å². The number of rotatable bonds is 6. The van der Waals surface area contributed by atoms with Gasteiger partial charge in [0.2, 0.25) is 0 Å². The van der Waals surface area contributed by atoms with E-state index in [-0.39, 0.29) is 24.0 Å². The van der Waals surface area contributed by atoms with Crippen LogP contribution in [0.5, 0.6) is 5.75 Å². The Bertz CT molecular complexity index is 1510. The van der Waals surface area contributed by atoms with Gasteiger partial charge in [-0.05, 0) is 31.0 Å². The maximum atomic E-state index is 14.2. The number of nitrogens with one attached hydrogen (secondary N) is 1. The molecule has 3 aromatic heterocycles. The Balaban J connectivity index is 0.000000892. The van der Waals surface area contributed by atoms with Crippen molar-refractivity contribution in [2.45, 2.75) is 18.9 Å². The zero-order valence-electron chi connectivity index (χ0n) is 20.1. The number of ether oxygens (including phenoxy) is 1. The molecule has 4 aromatic rings. The van der Waals surface area contributed by atoms with Crippen LogP contribution in [0.1, 0.15) is 12.8 Å². The molecule has 12 heteroatoms. The summed E-state index contributed by atoms with van der Waals surface area (Å²) in [6.07, 6.45) is 6.72. The van der Waals surface area contributed by atoms with E-state index in [2.05, 4.69) is 20.4 Å². The Kier molecular flexibility index (Phi) is 6.74. The quantitative estimate of drug-likeness (QED) is 0.367. The Morgan fingerprint density at radius 2 is 2.08 bits per heavy atom. The third-order valence-electron chi connectivity index (χ3n) is 7.01. The monoisotopic (exact) mass is 528 g/mol. The van der Waals surface area contributed by atoms with Gasteiger partial charge >= 0.3 is 0 Å². The number of pyridine rings is 2. The lowest BCUT2D eigenvalue weighted by Gasteiger charge is -2.58. The molecular weight excluding hydrogens is 503 g/mol. The number of carbonyl (C=O) groups is 1. The maximum absolute atomic E-state index is 14.2. The Hall–Kier alpha value is -3.70. The van der Waals surface area contributed by atoms with Crippen LogP contribution in [-0.2, 0) is 11.8 Å². The van der Waals surface area contributed by atoms with Crippen LogP contribution in [0.25, 0.3) is 16.4 Å². The van der Waals surface area contributed by atoms with Crippen molar-refractivity contribution in [3.05, 3.63) is 64.2 Å². The second kappa shape index (κ2) is 9.98. The number of aryl methyl sites for hydroxylation is 1. The van der Waals surface area contributed by atoms with E-state index in [1.165, 1.54) is 17.1 Å². The summed E-state index contributed by atoms with van der Waals surface area (Å²) in [6.45, 7) is 3.28. The van der Waals surface area contributed by atoms with Crippen molar-refractivity contribution in [1.29, 1.82) is 0 Å². The lowest BCUT2D eigenvalue weighted by molar-refractivity contribution is -0.122. The summed E-state index contributed by atoms with van der Waals surface area (Å²) in [4.78, 5) is 23.2. The van der Waals surface area contributed by atoms with Gasteiger partial charge in [0.25, 0.3) is 12.0 Å². The van der Waals surface area contributed by atoms with Gasteiger partial charge in [0, 0.05) is 62.5 Å². The van der Waals surface area contributed by atoms with E-state index in [1.54, 1.807) is 29.8 Å². The van der Waals surface area contributed by atoms with E-state index < -0.39 is 0 Å². The van der Waals surface area contributed by atoms with E-state index in [9.17, 15) is 9.18 Å². The zero-order valence-corrected chi connectivity index (χ0v) is 20.9. The topological polar surface area (TPSA) is 114 Å². The molecule has 0 radical (unpaired) electrons. The molecule has 1 aliphatic carbocycles. The second-order valence-electron chi connectivity index (χ2n) is 9.59. The standard InChI is InChI=1S/C24H24ClFN6O2.CH2O2/c1-30-6-4-16-20(3-2-17(25)22(16)23(30)33)34-15-9-24(10-15)12-31(13-24)7-5-27-19-8-21-29-28-14-32(21)11-18(19)26;2-1-3/h2-4,6,8,11,14-15,27H,5,7,9-10,12-13H2,1H3;1H,(H,2,3). The minimum atomic E-state index is -0.320. The number of fused-ring (bicyclic) bond motifs is 2. The van der Waals surface area contributed by atoms with Crippen molar-refractivity contribution in [2.24, 2.45) is 12.5 Å². The minimum Gasteiger partial charge on any atom is -0.490 e. The molecule has 2 N–H and O–H groups in total. The fourth-order valence-electron chi connectivity index (χ4n) is 5.31. The highest BCUT2D eigenvalue weighted by atomic mass is 35.5. The summed E-state index contributed by atoms with van der Waals surface area (Å²) in [5, 5.41) is 19.5. The first-order chi connectivity index (χ1) is 17.8.